The number of fused-ring (bicyclic) bond motifs is 1. The molecule has 3 rings (SSSR count). The van der Waals surface area contributed by atoms with E-state index in [0.717, 1.165) is 17.7 Å². The van der Waals surface area contributed by atoms with Crippen molar-refractivity contribution in [3.63, 3.8) is 0 Å². The van der Waals surface area contributed by atoms with Crippen molar-refractivity contribution < 1.29 is 22.7 Å². The van der Waals surface area contributed by atoms with E-state index in [4.69, 9.17) is 9.47 Å². The first kappa shape index (κ1) is 20.9. The molecule has 2 aliphatic heterocycles. The van der Waals surface area contributed by atoms with E-state index in [9.17, 15) is 13.2 Å². The van der Waals surface area contributed by atoms with E-state index < -0.39 is 10.0 Å². The Balaban J connectivity index is 1.49. The van der Waals surface area contributed by atoms with E-state index in [-0.39, 0.29) is 29.9 Å². The highest BCUT2D eigenvalue weighted by Crippen LogP contribution is 2.41. The van der Waals surface area contributed by atoms with E-state index >= 15 is 0 Å². The van der Waals surface area contributed by atoms with Gasteiger partial charge in [0.25, 0.3) is 5.91 Å². The monoisotopic (exact) mass is 410 g/mol. The summed E-state index contributed by atoms with van der Waals surface area (Å²) in [6, 6.07) is 5.65. The van der Waals surface area contributed by atoms with E-state index in [2.05, 4.69) is 4.72 Å². The van der Waals surface area contributed by atoms with Gasteiger partial charge in [-0.3, -0.25) is 4.79 Å². The van der Waals surface area contributed by atoms with Gasteiger partial charge in [0.1, 0.15) is 5.60 Å². The first-order valence-corrected chi connectivity index (χ1v) is 11.6. The average molecular weight is 411 g/mol. The largest absolute Gasteiger partial charge is 0.483 e. The maximum atomic E-state index is 12.5. The summed E-state index contributed by atoms with van der Waals surface area (Å²) in [7, 11) is -3.22. The van der Waals surface area contributed by atoms with Crippen molar-refractivity contribution in [1.29, 1.82) is 0 Å². The SMILES string of the molecule is CCCS(=O)(=O)NC1CCN(C(=O)COc2cccc3c2OC(C)(C)C3)CC1. The van der Waals surface area contributed by atoms with Crippen LogP contribution in [0.1, 0.15) is 45.6 Å². The molecule has 1 amide bonds. The molecule has 1 aromatic rings. The maximum absolute atomic E-state index is 12.5. The fraction of sp³-hybridized carbons (Fsp3) is 0.650. The van der Waals surface area contributed by atoms with E-state index in [1.54, 1.807) is 4.90 Å². The molecule has 1 N–H and O–H groups in total. The second-order valence-electron chi connectivity index (χ2n) is 8.16. The van der Waals surface area contributed by atoms with Crippen LogP contribution >= 0.6 is 0 Å². The zero-order valence-corrected chi connectivity index (χ0v) is 17.7. The highest BCUT2D eigenvalue weighted by atomic mass is 32.2. The molecule has 0 atom stereocenters. The number of rotatable bonds is 7. The minimum Gasteiger partial charge on any atom is -0.483 e. The van der Waals surface area contributed by atoms with Gasteiger partial charge in [-0.1, -0.05) is 19.1 Å². The van der Waals surface area contributed by atoms with Crippen LogP contribution in [0, 0.1) is 0 Å². The van der Waals surface area contributed by atoms with E-state index in [1.165, 1.54) is 0 Å². The summed E-state index contributed by atoms with van der Waals surface area (Å²) in [6.45, 7) is 6.90. The topological polar surface area (TPSA) is 84.9 Å². The molecule has 0 aliphatic carbocycles. The van der Waals surface area contributed by atoms with Crippen molar-refractivity contribution in [2.45, 2.75) is 58.1 Å². The number of hydrogen-bond acceptors (Lipinski definition) is 5. The number of nitrogens with zero attached hydrogens (tertiary/aromatic N) is 1. The number of carbonyl (C=O) groups excluding carboxylic acids is 1. The van der Waals surface area contributed by atoms with Crippen LogP contribution in [-0.2, 0) is 21.2 Å². The lowest BCUT2D eigenvalue weighted by molar-refractivity contribution is -0.134. The molecule has 7 nitrogen and oxygen atoms in total. The van der Waals surface area contributed by atoms with Crippen molar-refractivity contribution in [2.75, 3.05) is 25.4 Å². The predicted molar refractivity (Wildman–Crippen MR) is 107 cm³/mol. The number of nitrogens with one attached hydrogen (secondary N) is 1. The Morgan fingerprint density at radius 2 is 2.04 bits per heavy atom. The molecule has 0 aromatic heterocycles. The van der Waals surface area contributed by atoms with Gasteiger partial charge in [0.15, 0.2) is 18.1 Å². The van der Waals surface area contributed by atoms with Gasteiger partial charge in [-0.2, -0.15) is 0 Å². The lowest BCUT2D eigenvalue weighted by Crippen LogP contribution is -2.48. The highest BCUT2D eigenvalue weighted by Gasteiger charge is 2.32. The Bertz CT molecular complexity index is 814. The molecular formula is C20H30N2O5S. The highest BCUT2D eigenvalue weighted by molar-refractivity contribution is 7.89. The molecule has 0 radical (unpaired) electrons. The van der Waals surface area contributed by atoms with Crippen LogP contribution in [0.4, 0.5) is 0 Å². The summed E-state index contributed by atoms with van der Waals surface area (Å²) in [5.74, 6) is 1.37. The van der Waals surface area contributed by atoms with Crippen LogP contribution in [0.2, 0.25) is 0 Å². The fourth-order valence-electron chi connectivity index (χ4n) is 3.76. The van der Waals surface area contributed by atoms with E-state index in [0.29, 0.717) is 38.1 Å². The molecule has 28 heavy (non-hydrogen) atoms. The van der Waals surface area contributed by atoms with E-state index in [1.807, 2.05) is 39.0 Å². The molecule has 0 spiro atoms. The average Bonchev–Trinajstić information content (AvgIpc) is 2.94. The third kappa shape index (κ3) is 5.17. The van der Waals surface area contributed by atoms with Crippen LogP contribution in [-0.4, -0.2) is 56.3 Å². The summed E-state index contributed by atoms with van der Waals surface area (Å²) in [5.41, 5.74) is 0.828. The minimum absolute atomic E-state index is 0.0491. The molecule has 0 saturated carbocycles. The second kappa shape index (κ2) is 8.29. The number of benzene rings is 1. The molecule has 1 saturated heterocycles. The molecule has 1 aromatic carbocycles. The number of para-hydroxylation sites is 1. The Morgan fingerprint density at radius 3 is 2.71 bits per heavy atom. The Kier molecular flexibility index (Phi) is 6.19. The number of hydrogen-bond donors (Lipinski definition) is 1. The minimum atomic E-state index is -3.22. The summed E-state index contributed by atoms with van der Waals surface area (Å²) in [6.07, 6.45) is 2.64. The molecular weight excluding hydrogens is 380 g/mol. The van der Waals surface area contributed by atoms with Gasteiger partial charge in [0.05, 0.1) is 5.75 Å². The Labute approximate surface area is 167 Å². The summed E-state index contributed by atoms with van der Waals surface area (Å²) >= 11 is 0. The molecule has 156 valence electrons. The molecule has 1 fully saturated rings. The third-order valence-corrected chi connectivity index (χ3v) is 6.71. The van der Waals surface area contributed by atoms with Gasteiger partial charge in [-0.15, -0.1) is 0 Å². The molecule has 2 aliphatic rings. The lowest BCUT2D eigenvalue weighted by Gasteiger charge is -2.32. The fourth-order valence-corrected chi connectivity index (χ4v) is 5.16. The van der Waals surface area contributed by atoms with Gasteiger partial charge in [0, 0.05) is 31.1 Å². The Morgan fingerprint density at radius 1 is 1.32 bits per heavy atom. The van der Waals surface area contributed by atoms with Crippen molar-refractivity contribution in [1.82, 2.24) is 9.62 Å². The Hall–Kier alpha value is -1.80. The van der Waals surface area contributed by atoms with Crippen molar-refractivity contribution >= 4 is 15.9 Å². The smallest absolute Gasteiger partial charge is 0.260 e. The number of amides is 1. The second-order valence-corrected chi connectivity index (χ2v) is 10.0. The normalized spacial score (nSPS) is 19.2. The van der Waals surface area contributed by atoms with Gasteiger partial charge >= 0.3 is 0 Å². The molecule has 8 heteroatoms. The summed E-state index contributed by atoms with van der Waals surface area (Å²) < 4.78 is 38.3. The first-order valence-electron chi connectivity index (χ1n) is 9.90. The maximum Gasteiger partial charge on any atom is 0.260 e. The van der Waals surface area contributed by atoms with Crippen LogP contribution < -0.4 is 14.2 Å². The molecule has 0 bridgehead atoms. The first-order chi connectivity index (χ1) is 13.2. The quantitative estimate of drug-likeness (QED) is 0.744. The van der Waals surface area contributed by atoms with Crippen LogP contribution in [0.25, 0.3) is 0 Å². The number of carbonyl (C=O) groups is 1. The lowest BCUT2D eigenvalue weighted by atomic mass is 10.0. The van der Waals surface area contributed by atoms with Crippen LogP contribution in [0.3, 0.4) is 0 Å². The number of sulfonamides is 1. The summed E-state index contributed by atoms with van der Waals surface area (Å²) in [4.78, 5) is 14.2. The van der Waals surface area contributed by atoms with Crippen molar-refractivity contribution in [3.05, 3.63) is 23.8 Å². The standard InChI is InChI=1S/C20H30N2O5S/c1-4-12-28(24,25)21-16-8-10-22(11-9-16)18(23)14-26-17-7-5-6-15-13-20(2,3)27-19(15)17/h5-7,16,21H,4,8-14H2,1-3H3. The summed E-state index contributed by atoms with van der Waals surface area (Å²) in [5, 5.41) is 0. The zero-order chi connectivity index (χ0) is 20.4. The van der Waals surface area contributed by atoms with Gasteiger partial charge in [-0.25, -0.2) is 13.1 Å². The van der Waals surface area contributed by atoms with Gasteiger partial charge < -0.3 is 14.4 Å². The number of ether oxygens (including phenoxy) is 2. The van der Waals surface area contributed by atoms with Crippen molar-refractivity contribution in [3.8, 4) is 11.5 Å². The predicted octanol–water partition coefficient (Wildman–Crippen LogP) is 2.10. The van der Waals surface area contributed by atoms with Crippen molar-refractivity contribution in [2.24, 2.45) is 0 Å². The zero-order valence-electron chi connectivity index (χ0n) is 16.9. The van der Waals surface area contributed by atoms with Crippen LogP contribution in [0.5, 0.6) is 11.5 Å². The van der Waals surface area contributed by atoms with Gasteiger partial charge in [0.2, 0.25) is 10.0 Å². The number of likely N-dealkylation sites (tertiary alicyclic amines) is 1. The van der Waals surface area contributed by atoms with Crippen LogP contribution in [0.15, 0.2) is 18.2 Å². The molecule has 0 unspecified atom stereocenters. The molecule has 2 heterocycles. The van der Waals surface area contributed by atoms with Gasteiger partial charge in [-0.05, 0) is 39.2 Å². The third-order valence-electron chi connectivity index (χ3n) is 5.07. The number of piperidine rings is 1.